The van der Waals surface area contributed by atoms with Gasteiger partial charge in [0.1, 0.15) is 5.75 Å². The van der Waals surface area contributed by atoms with Crippen molar-refractivity contribution in [3.8, 4) is 5.75 Å². The van der Waals surface area contributed by atoms with E-state index in [9.17, 15) is 9.59 Å². The first kappa shape index (κ1) is 20.6. The number of β-amino-alcohol motifs (C(OH)–C–C–N with tert-alkyl or cyclic N) is 1. The minimum absolute atomic E-state index is 0.0123. The van der Waals surface area contributed by atoms with E-state index in [1.54, 1.807) is 12.1 Å². The Morgan fingerprint density at radius 3 is 2.25 bits per heavy atom. The smallest absolute Gasteiger partial charge is 0.260 e. The van der Waals surface area contributed by atoms with E-state index in [0.717, 1.165) is 39.0 Å². The molecule has 154 valence electrons. The molecule has 2 heterocycles. The number of likely N-dealkylation sites (tertiary alicyclic amines) is 1. The lowest BCUT2D eigenvalue weighted by molar-refractivity contribution is -0.133. The Morgan fingerprint density at radius 1 is 0.893 bits per heavy atom. The predicted octanol–water partition coefficient (Wildman–Crippen LogP) is 1.22. The second-order valence-electron chi connectivity index (χ2n) is 7.44. The molecule has 0 atom stereocenters. The van der Waals surface area contributed by atoms with E-state index < -0.39 is 0 Å². The van der Waals surface area contributed by atoms with E-state index in [2.05, 4.69) is 4.90 Å². The SMILES string of the molecule is O=C(COc1ccccc1C(=O)N1CCN(CCO)CC1)N1CCCCCC1. The molecule has 0 aromatic heterocycles. The van der Waals surface area contributed by atoms with E-state index >= 15 is 0 Å². The van der Waals surface area contributed by atoms with Crippen LogP contribution in [-0.2, 0) is 4.79 Å². The van der Waals surface area contributed by atoms with Gasteiger partial charge in [0.2, 0.25) is 0 Å². The van der Waals surface area contributed by atoms with Gasteiger partial charge in [-0.2, -0.15) is 0 Å². The molecule has 1 aromatic rings. The number of piperazine rings is 1. The van der Waals surface area contributed by atoms with Gasteiger partial charge in [0.05, 0.1) is 12.2 Å². The van der Waals surface area contributed by atoms with E-state index in [1.807, 2.05) is 21.9 Å². The van der Waals surface area contributed by atoms with Crippen molar-refractivity contribution in [2.75, 3.05) is 59.0 Å². The Morgan fingerprint density at radius 2 is 1.57 bits per heavy atom. The maximum absolute atomic E-state index is 13.0. The lowest BCUT2D eigenvalue weighted by atomic mass is 10.1. The number of benzene rings is 1. The van der Waals surface area contributed by atoms with Crippen LogP contribution in [0.15, 0.2) is 24.3 Å². The maximum atomic E-state index is 13.0. The van der Waals surface area contributed by atoms with Gasteiger partial charge in [-0.15, -0.1) is 0 Å². The quantitative estimate of drug-likeness (QED) is 0.792. The van der Waals surface area contributed by atoms with Crippen LogP contribution in [0.4, 0.5) is 0 Å². The van der Waals surface area contributed by atoms with Gasteiger partial charge in [-0.3, -0.25) is 14.5 Å². The van der Waals surface area contributed by atoms with Crippen LogP contribution >= 0.6 is 0 Å². The van der Waals surface area contributed by atoms with Crippen molar-refractivity contribution in [3.63, 3.8) is 0 Å². The number of nitrogens with zero attached hydrogens (tertiary/aromatic N) is 3. The Labute approximate surface area is 166 Å². The fourth-order valence-electron chi connectivity index (χ4n) is 3.81. The summed E-state index contributed by atoms with van der Waals surface area (Å²) < 4.78 is 5.78. The molecule has 28 heavy (non-hydrogen) atoms. The van der Waals surface area contributed by atoms with Crippen LogP contribution in [0.25, 0.3) is 0 Å². The molecule has 1 N–H and O–H groups in total. The number of carbonyl (C=O) groups excluding carboxylic acids is 2. The first-order valence-corrected chi connectivity index (χ1v) is 10.3. The second-order valence-corrected chi connectivity index (χ2v) is 7.44. The lowest BCUT2D eigenvalue weighted by Crippen LogP contribution is -2.49. The number of hydrogen-bond donors (Lipinski definition) is 1. The normalized spacial score (nSPS) is 18.6. The summed E-state index contributed by atoms with van der Waals surface area (Å²) in [6, 6.07) is 7.15. The molecule has 7 nitrogen and oxygen atoms in total. The molecule has 0 spiro atoms. The standard InChI is InChI=1S/C21H31N3O4/c25-16-15-22-11-13-24(14-12-22)21(27)18-7-3-4-8-19(18)28-17-20(26)23-9-5-1-2-6-10-23/h3-4,7-8,25H,1-2,5-6,9-17H2. The third kappa shape index (κ3) is 5.45. The average Bonchev–Trinajstić information content (AvgIpc) is 3.02. The third-order valence-electron chi connectivity index (χ3n) is 5.50. The zero-order chi connectivity index (χ0) is 19.8. The Bertz CT molecular complexity index is 651. The number of hydrogen-bond acceptors (Lipinski definition) is 5. The fraction of sp³-hybridized carbons (Fsp3) is 0.619. The summed E-state index contributed by atoms with van der Waals surface area (Å²) in [6.07, 6.45) is 4.44. The number of rotatable bonds is 6. The summed E-state index contributed by atoms with van der Waals surface area (Å²) in [6.45, 7) is 5.08. The minimum Gasteiger partial charge on any atom is -0.483 e. The molecule has 0 aliphatic carbocycles. The average molecular weight is 389 g/mol. The Balaban J connectivity index is 1.58. The monoisotopic (exact) mass is 389 g/mol. The summed E-state index contributed by atoms with van der Waals surface area (Å²) in [4.78, 5) is 31.3. The summed E-state index contributed by atoms with van der Waals surface area (Å²) >= 11 is 0. The molecular weight excluding hydrogens is 358 g/mol. The van der Waals surface area contributed by atoms with Gasteiger partial charge in [-0.1, -0.05) is 25.0 Å². The highest BCUT2D eigenvalue weighted by molar-refractivity contribution is 5.97. The van der Waals surface area contributed by atoms with Crippen LogP contribution in [0.2, 0.25) is 0 Å². The molecule has 2 saturated heterocycles. The van der Waals surface area contributed by atoms with Crippen LogP contribution in [0, 0.1) is 0 Å². The minimum atomic E-state index is -0.0681. The van der Waals surface area contributed by atoms with E-state index in [0.29, 0.717) is 30.9 Å². The van der Waals surface area contributed by atoms with Crippen LogP contribution in [0.1, 0.15) is 36.0 Å². The van der Waals surface area contributed by atoms with E-state index in [-0.39, 0.29) is 25.0 Å². The van der Waals surface area contributed by atoms with Gasteiger partial charge in [-0.05, 0) is 25.0 Å². The number of aliphatic hydroxyl groups is 1. The van der Waals surface area contributed by atoms with Crippen molar-refractivity contribution in [3.05, 3.63) is 29.8 Å². The molecule has 0 bridgehead atoms. The third-order valence-corrected chi connectivity index (χ3v) is 5.50. The summed E-state index contributed by atoms with van der Waals surface area (Å²) in [5.74, 6) is 0.386. The van der Waals surface area contributed by atoms with Gasteiger partial charge in [0.25, 0.3) is 11.8 Å². The van der Waals surface area contributed by atoms with Crippen molar-refractivity contribution in [2.45, 2.75) is 25.7 Å². The predicted molar refractivity (Wildman–Crippen MR) is 106 cm³/mol. The van der Waals surface area contributed by atoms with Crippen LogP contribution in [0.3, 0.4) is 0 Å². The molecular formula is C21H31N3O4. The van der Waals surface area contributed by atoms with Gasteiger partial charge in [-0.25, -0.2) is 0 Å². The van der Waals surface area contributed by atoms with Crippen molar-refractivity contribution in [2.24, 2.45) is 0 Å². The number of ether oxygens (including phenoxy) is 1. The Hall–Kier alpha value is -2.12. The molecule has 0 unspecified atom stereocenters. The highest BCUT2D eigenvalue weighted by Crippen LogP contribution is 2.21. The first-order valence-electron chi connectivity index (χ1n) is 10.3. The summed E-state index contributed by atoms with van der Waals surface area (Å²) in [5, 5.41) is 9.05. The summed E-state index contributed by atoms with van der Waals surface area (Å²) in [5.41, 5.74) is 0.502. The molecule has 7 heteroatoms. The second kappa shape index (κ2) is 10.4. The molecule has 0 saturated carbocycles. The van der Waals surface area contributed by atoms with Crippen LogP contribution < -0.4 is 4.74 Å². The molecule has 2 amide bonds. The van der Waals surface area contributed by atoms with Gasteiger partial charge in [0.15, 0.2) is 6.61 Å². The topological polar surface area (TPSA) is 73.3 Å². The first-order chi connectivity index (χ1) is 13.7. The van der Waals surface area contributed by atoms with Crippen molar-refractivity contribution in [1.82, 2.24) is 14.7 Å². The number of aliphatic hydroxyl groups excluding tert-OH is 1. The van der Waals surface area contributed by atoms with Gasteiger partial charge in [0, 0.05) is 45.8 Å². The zero-order valence-electron chi connectivity index (χ0n) is 16.5. The van der Waals surface area contributed by atoms with Gasteiger partial charge < -0.3 is 19.6 Å². The van der Waals surface area contributed by atoms with E-state index in [1.165, 1.54) is 12.8 Å². The highest BCUT2D eigenvalue weighted by atomic mass is 16.5. The van der Waals surface area contributed by atoms with Crippen LogP contribution in [-0.4, -0.2) is 90.6 Å². The molecule has 3 rings (SSSR count). The van der Waals surface area contributed by atoms with Crippen molar-refractivity contribution < 1.29 is 19.4 Å². The molecule has 0 radical (unpaired) electrons. The fourth-order valence-corrected chi connectivity index (χ4v) is 3.81. The van der Waals surface area contributed by atoms with Crippen molar-refractivity contribution >= 4 is 11.8 Å². The van der Waals surface area contributed by atoms with E-state index in [4.69, 9.17) is 9.84 Å². The molecule has 1 aromatic carbocycles. The Kier molecular flexibility index (Phi) is 7.68. The number of carbonyl (C=O) groups is 2. The largest absolute Gasteiger partial charge is 0.483 e. The molecule has 2 aliphatic heterocycles. The van der Waals surface area contributed by atoms with Gasteiger partial charge >= 0.3 is 0 Å². The lowest BCUT2D eigenvalue weighted by Gasteiger charge is -2.34. The molecule has 2 aliphatic rings. The molecule has 2 fully saturated rings. The number of para-hydroxylation sites is 1. The van der Waals surface area contributed by atoms with Crippen molar-refractivity contribution in [1.29, 1.82) is 0 Å². The zero-order valence-corrected chi connectivity index (χ0v) is 16.5. The highest BCUT2D eigenvalue weighted by Gasteiger charge is 2.24. The number of amides is 2. The van der Waals surface area contributed by atoms with Crippen LogP contribution in [0.5, 0.6) is 5.75 Å². The maximum Gasteiger partial charge on any atom is 0.260 e. The summed E-state index contributed by atoms with van der Waals surface area (Å²) in [7, 11) is 0.